The Balaban J connectivity index is 1.81. The second-order valence-corrected chi connectivity index (χ2v) is 6.26. The second-order valence-electron chi connectivity index (χ2n) is 6.26. The Bertz CT molecular complexity index is 859. The molecule has 0 heterocycles. The fraction of sp³-hybridized carbons (Fsp3) is 0.174. The van der Waals surface area contributed by atoms with Gasteiger partial charge in [-0.15, -0.1) is 0 Å². The summed E-state index contributed by atoms with van der Waals surface area (Å²) in [4.78, 5) is 13.0. The topological polar surface area (TPSA) is 50.4 Å². The smallest absolute Gasteiger partial charge is 0.251 e. The van der Waals surface area contributed by atoms with Crippen molar-refractivity contribution < 1.29 is 9.53 Å². The van der Waals surface area contributed by atoms with Crippen LogP contribution >= 0.6 is 0 Å². The Labute approximate surface area is 160 Å². The lowest BCUT2D eigenvalue weighted by atomic mass is 10.0. The first-order valence-electron chi connectivity index (χ1n) is 9.05. The predicted octanol–water partition coefficient (Wildman–Crippen LogP) is 5.05. The van der Waals surface area contributed by atoms with E-state index in [4.69, 9.17) is 4.74 Å². The molecule has 2 N–H and O–H groups in total. The number of aryl methyl sites for hydroxylation is 1. The van der Waals surface area contributed by atoms with Gasteiger partial charge in [0.25, 0.3) is 5.91 Å². The number of hydrogen-bond acceptors (Lipinski definition) is 3. The van der Waals surface area contributed by atoms with E-state index in [0.717, 1.165) is 29.1 Å². The molecule has 4 nitrogen and oxygen atoms in total. The summed E-state index contributed by atoms with van der Waals surface area (Å²) in [6, 6.07) is 24.7. The van der Waals surface area contributed by atoms with Gasteiger partial charge in [-0.1, -0.05) is 49.4 Å². The van der Waals surface area contributed by atoms with E-state index < -0.39 is 6.04 Å². The molecule has 1 atom stereocenters. The maximum Gasteiger partial charge on any atom is 0.251 e. The molecular formula is C23H24N2O2. The average Bonchev–Trinajstić information content (AvgIpc) is 2.73. The molecule has 0 aliphatic rings. The van der Waals surface area contributed by atoms with Crippen LogP contribution in [-0.2, 0) is 11.2 Å². The van der Waals surface area contributed by atoms with Crippen molar-refractivity contribution in [3.8, 4) is 5.75 Å². The first-order valence-corrected chi connectivity index (χ1v) is 9.05. The molecule has 0 saturated heterocycles. The van der Waals surface area contributed by atoms with Crippen LogP contribution in [0.2, 0.25) is 0 Å². The Hall–Kier alpha value is -3.27. The summed E-state index contributed by atoms with van der Waals surface area (Å²) >= 11 is 0. The number of carbonyl (C=O) groups excluding carboxylic acids is 1. The molecule has 3 aromatic carbocycles. The number of rotatable bonds is 7. The van der Waals surface area contributed by atoms with Gasteiger partial charge in [-0.3, -0.25) is 4.79 Å². The van der Waals surface area contributed by atoms with Gasteiger partial charge in [-0.2, -0.15) is 0 Å². The Kier molecular flexibility index (Phi) is 6.10. The minimum absolute atomic E-state index is 0.120. The zero-order chi connectivity index (χ0) is 19.1. The van der Waals surface area contributed by atoms with Crippen molar-refractivity contribution in [2.75, 3.05) is 17.7 Å². The quantitative estimate of drug-likeness (QED) is 0.620. The maximum absolute atomic E-state index is 13.0. The summed E-state index contributed by atoms with van der Waals surface area (Å²) in [5.74, 6) is 0.632. The van der Waals surface area contributed by atoms with E-state index >= 15 is 0 Å². The van der Waals surface area contributed by atoms with E-state index in [1.165, 1.54) is 5.56 Å². The van der Waals surface area contributed by atoms with E-state index in [2.05, 4.69) is 29.7 Å². The van der Waals surface area contributed by atoms with Crippen molar-refractivity contribution in [3.05, 3.63) is 90.0 Å². The number of ether oxygens (including phenoxy) is 1. The maximum atomic E-state index is 13.0. The molecule has 138 valence electrons. The van der Waals surface area contributed by atoms with Crippen LogP contribution in [0, 0.1) is 0 Å². The highest BCUT2D eigenvalue weighted by Crippen LogP contribution is 2.23. The van der Waals surface area contributed by atoms with Crippen molar-refractivity contribution in [3.63, 3.8) is 0 Å². The normalized spacial score (nSPS) is 11.5. The molecular weight excluding hydrogens is 336 g/mol. The van der Waals surface area contributed by atoms with Crippen molar-refractivity contribution in [2.24, 2.45) is 0 Å². The Morgan fingerprint density at radius 3 is 2.11 bits per heavy atom. The lowest BCUT2D eigenvalue weighted by Gasteiger charge is -2.20. The van der Waals surface area contributed by atoms with Gasteiger partial charge < -0.3 is 15.4 Å². The number of nitrogens with one attached hydrogen (secondary N) is 2. The van der Waals surface area contributed by atoms with Crippen molar-refractivity contribution >= 4 is 17.3 Å². The van der Waals surface area contributed by atoms with E-state index in [9.17, 15) is 4.79 Å². The van der Waals surface area contributed by atoms with Crippen LogP contribution in [0.4, 0.5) is 11.4 Å². The Morgan fingerprint density at radius 2 is 1.52 bits per heavy atom. The van der Waals surface area contributed by atoms with Gasteiger partial charge in [0, 0.05) is 11.4 Å². The molecule has 0 saturated carbocycles. The largest absolute Gasteiger partial charge is 0.497 e. The van der Waals surface area contributed by atoms with Gasteiger partial charge in [0.15, 0.2) is 0 Å². The summed E-state index contributed by atoms with van der Waals surface area (Å²) in [6.07, 6.45) is 0.986. The van der Waals surface area contributed by atoms with Gasteiger partial charge in [0.1, 0.15) is 11.8 Å². The summed E-state index contributed by atoms with van der Waals surface area (Å²) in [6.45, 7) is 2.12. The third-order valence-electron chi connectivity index (χ3n) is 4.43. The number of amides is 1. The Morgan fingerprint density at radius 1 is 0.889 bits per heavy atom. The fourth-order valence-corrected chi connectivity index (χ4v) is 2.84. The third kappa shape index (κ3) is 4.88. The summed E-state index contributed by atoms with van der Waals surface area (Å²) < 4.78 is 5.16. The molecule has 0 bridgehead atoms. The van der Waals surface area contributed by atoms with Crippen LogP contribution in [0.3, 0.4) is 0 Å². The van der Waals surface area contributed by atoms with Crippen molar-refractivity contribution in [2.45, 2.75) is 19.4 Å². The fourth-order valence-electron chi connectivity index (χ4n) is 2.84. The molecule has 0 aliphatic carbocycles. The zero-order valence-corrected chi connectivity index (χ0v) is 15.6. The van der Waals surface area contributed by atoms with E-state index in [1.54, 1.807) is 7.11 Å². The summed E-state index contributed by atoms with van der Waals surface area (Å²) in [5.41, 5.74) is 3.80. The number of methoxy groups -OCH3 is 1. The second kappa shape index (κ2) is 8.90. The van der Waals surface area contributed by atoms with Gasteiger partial charge in [-0.25, -0.2) is 0 Å². The number of benzene rings is 3. The highest BCUT2D eigenvalue weighted by Gasteiger charge is 2.20. The SMILES string of the molecule is CCc1ccc(NC(C(=O)Nc2ccc(OC)cc2)c2ccccc2)cc1. The molecule has 27 heavy (non-hydrogen) atoms. The minimum Gasteiger partial charge on any atom is -0.497 e. The molecule has 1 unspecified atom stereocenters. The lowest BCUT2D eigenvalue weighted by molar-refractivity contribution is -0.117. The van der Waals surface area contributed by atoms with Crippen LogP contribution in [0.5, 0.6) is 5.75 Å². The molecule has 4 heteroatoms. The summed E-state index contributed by atoms with van der Waals surface area (Å²) in [7, 11) is 1.62. The van der Waals surface area contributed by atoms with Crippen LogP contribution in [-0.4, -0.2) is 13.0 Å². The van der Waals surface area contributed by atoms with Crippen molar-refractivity contribution in [1.82, 2.24) is 0 Å². The molecule has 0 aromatic heterocycles. The van der Waals surface area contributed by atoms with E-state index in [-0.39, 0.29) is 5.91 Å². The monoisotopic (exact) mass is 360 g/mol. The van der Waals surface area contributed by atoms with Crippen LogP contribution in [0.15, 0.2) is 78.9 Å². The summed E-state index contributed by atoms with van der Waals surface area (Å²) in [5, 5.41) is 6.33. The van der Waals surface area contributed by atoms with E-state index in [1.807, 2.05) is 66.7 Å². The predicted molar refractivity (Wildman–Crippen MR) is 110 cm³/mol. The number of anilines is 2. The lowest BCUT2D eigenvalue weighted by Crippen LogP contribution is -2.27. The third-order valence-corrected chi connectivity index (χ3v) is 4.43. The number of carbonyl (C=O) groups is 1. The molecule has 0 spiro atoms. The van der Waals surface area contributed by atoms with Crippen LogP contribution in [0.25, 0.3) is 0 Å². The molecule has 0 aliphatic heterocycles. The molecule has 3 rings (SSSR count). The number of hydrogen-bond donors (Lipinski definition) is 2. The van der Waals surface area contributed by atoms with Crippen molar-refractivity contribution in [1.29, 1.82) is 0 Å². The van der Waals surface area contributed by atoms with Gasteiger partial charge in [0.2, 0.25) is 0 Å². The highest BCUT2D eigenvalue weighted by atomic mass is 16.5. The molecule has 3 aromatic rings. The van der Waals surface area contributed by atoms with E-state index in [0.29, 0.717) is 0 Å². The molecule has 1 amide bonds. The van der Waals surface area contributed by atoms with Gasteiger partial charge in [0.05, 0.1) is 7.11 Å². The first kappa shape index (κ1) is 18.5. The average molecular weight is 360 g/mol. The van der Waals surface area contributed by atoms with Gasteiger partial charge >= 0.3 is 0 Å². The highest BCUT2D eigenvalue weighted by molar-refractivity contribution is 5.97. The van der Waals surface area contributed by atoms with Gasteiger partial charge in [-0.05, 0) is 53.9 Å². The minimum atomic E-state index is -0.499. The van der Waals surface area contributed by atoms with Crippen LogP contribution < -0.4 is 15.4 Å². The zero-order valence-electron chi connectivity index (χ0n) is 15.6. The first-order chi connectivity index (χ1) is 13.2. The van der Waals surface area contributed by atoms with Crippen LogP contribution in [0.1, 0.15) is 24.1 Å². The standard InChI is InChI=1S/C23H24N2O2/c1-3-17-9-11-19(12-10-17)24-22(18-7-5-4-6-8-18)23(26)25-20-13-15-21(27-2)16-14-20/h4-16,22,24H,3H2,1-2H3,(H,25,26). The molecule has 0 fully saturated rings. The molecule has 0 radical (unpaired) electrons.